The van der Waals surface area contributed by atoms with E-state index in [1.807, 2.05) is 6.08 Å². The second-order valence-corrected chi connectivity index (χ2v) is 4.75. The summed E-state index contributed by atoms with van der Waals surface area (Å²) in [6.45, 7) is 6.93. The molecule has 0 heterocycles. The highest BCUT2D eigenvalue weighted by Gasteiger charge is 2.18. The Labute approximate surface area is 116 Å². The standard InChI is InChI=1S/C15H26O4/c1-5-6-10-14(11-8-7-9-12(2)16)19-15(17)13(3)18-4/h5,13-14H,1,6-11H2,2-4H3. The smallest absolute Gasteiger partial charge is 0.335 e. The monoisotopic (exact) mass is 270 g/mol. The third-order valence-corrected chi connectivity index (χ3v) is 2.97. The molecule has 2 unspecified atom stereocenters. The molecule has 0 aromatic heterocycles. The molecular weight excluding hydrogens is 244 g/mol. The number of ether oxygens (including phenoxy) is 2. The van der Waals surface area contributed by atoms with E-state index in [1.165, 1.54) is 7.11 Å². The van der Waals surface area contributed by atoms with Crippen LogP contribution in [0.3, 0.4) is 0 Å². The fraction of sp³-hybridized carbons (Fsp3) is 0.733. The second kappa shape index (κ2) is 10.7. The van der Waals surface area contributed by atoms with Crippen LogP contribution in [0, 0.1) is 0 Å². The molecule has 4 heteroatoms. The molecule has 110 valence electrons. The molecule has 0 spiro atoms. The van der Waals surface area contributed by atoms with Gasteiger partial charge in [-0.3, -0.25) is 0 Å². The number of carbonyl (C=O) groups is 2. The summed E-state index contributed by atoms with van der Waals surface area (Å²) in [4.78, 5) is 22.5. The molecule has 0 amide bonds. The van der Waals surface area contributed by atoms with Gasteiger partial charge < -0.3 is 14.3 Å². The first-order valence-electron chi connectivity index (χ1n) is 6.84. The minimum Gasteiger partial charge on any atom is -0.460 e. The molecule has 0 saturated heterocycles. The van der Waals surface area contributed by atoms with Crippen LogP contribution < -0.4 is 0 Å². The van der Waals surface area contributed by atoms with E-state index < -0.39 is 6.10 Å². The average Bonchev–Trinajstić information content (AvgIpc) is 2.38. The zero-order valence-corrected chi connectivity index (χ0v) is 12.3. The fourth-order valence-electron chi connectivity index (χ4n) is 1.67. The highest BCUT2D eigenvalue weighted by Crippen LogP contribution is 2.14. The number of unbranched alkanes of at least 4 members (excludes halogenated alkanes) is 1. The zero-order valence-electron chi connectivity index (χ0n) is 12.3. The Bertz CT molecular complexity index is 286. The number of rotatable bonds is 11. The van der Waals surface area contributed by atoms with Crippen LogP contribution in [-0.4, -0.2) is 31.1 Å². The highest BCUT2D eigenvalue weighted by atomic mass is 16.6. The van der Waals surface area contributed by atoms with E-state index in [2.05, 4.69) is 6.58 Å². The van der Waals surface area contributed by atoms with Gasteiger partial charge in [0.2, 0.25) is 0 Å². The first-order chi connectivity index (χ1) is 9.01. The van der Waals surface area contributed by atoms with E-state index in [1.54, 1.807) is 13.8 Å². The maximum atomic E-state index is 11.7. The number of ketones is 1. The Balaban J connectivity index is 4.10. The molecule has 19 heavy (non-hydrogen) atoms. The summed E-state index contributed by atoms with van der Waals surface area (Å²) in [6.07, 6.45) is 5.85. The molecule has 0 fully saturated rings. The molecule has 0 aliphatic carbocycles. The van der Waals surface area contributed by atoms with Crippen molar-refractivity contribution < 1.29 is 19.1 Å². The van der Waals surface area contributed by atoms with E-state index in [0.717, 1.165) is 32.1 Å². The van der Waals surface area contributed by atoms with Crippen LogP contribution in [0.15, 0.2) is 12.7 Å². The number of Topliss-reactive ketones (excluding diaryl/α,β-unsaturated/α-hetero) is 1. The molecule has 0 aliphatic heterocycles. The Morgan fingerprint density at radius 3 is 2.47 bits per heavy atom. The van der Waals surface area contributed by atoms with Gasteiger partial charge in [-0.05, 0) is 46.0 Å². The zero-order chi connectivity index (χ0) is 14.7. The van der Waals surface area contributed by atoms with Crippen molar-refractivity contribution in [2.45, 2.75) is 64.6 Å². The lowest BCUT2D eigenvalue weighted by Crippen LogP contribution is -2.27. The van der Waals surface area contributed by atoms with Crippen molar-refractivity contribution in [3.05, 3.63) is 12.7 Å². The van der Waals surface area contributed by atoms with Gasteiger partial charge in [-0.2, -0.15) is 0 Å². The van der Waals surface area contributed by atoms with Crippen molar-refractivity contribution in [2.75, 3.05) is 7.11 Å². The van der Waals surface area contributed by atoms with Crippen molar-refractivity contribution in [1.82, 2.24) is 0 Å². The van der Waals surface area contributed by atoms with Crippen molar-refractivity contribution in [3.8, 4) is 0 Å². The minimum atomic E-state index is -0.538. The van der Waals surface area contributed by atoms with Crippen LogP contribution in [0.1, 0.15) is 52.4 Å². The molecule has 0 aromatic carbocycles. The lowest BCUT2D eigenvalue weighted by molar-refractivity contribution is -0.160. The number of hydrogen-bond acceptors (Lipinski definition) is 4. The molecule has 0 aromatic rings. The van der Waals surface area contributed by atoms with Gasteiger partial charge in [-0.1, -0.05) is 6.08 Å². The third kappa shape index (κ3) is 9.42. The van der Waals surface area contributed by atoms with E-state index in [0.29, 0.717) is 6.42 Å². The van der Waals surface area contributed by atoms with Gasteiger partial charge >= 0.3 is 5.97 Å². The van der Waals surface area contributed by atoms with Gasteiger partial charge in [-0.25, -0.2) is 4.79 Å². The second-order valence-electron chi connectivity index (χ2n) is 4.75. The normalized spacial score (nSPS) is 13.6. The summed E-state index contributed by atoms with van der Waals surface area (Å²) >= 11 is 0. The summed E-state index contributed by atoms with van der Waals surface area (Å²) < 4.78 is 10.4. The molecule has 0 aliphatic rings. The molecule has 2 atom stereocenters. The molecule has 0 saturated carbocycles. The minimum absolute atomic E-state index is 0.116. The van der Waals surface area contributed by atoms with Gasteiger partial charge in [0.25, 0.3) is 0 Å². The third-order valence-electron chi connectivity index (χ3n) is 2.97. The molecule has 0 radical (unpaired) electrons. The number of methoxy groups -OCH3 is 1. The first kappa shape index (κ1) is 17.8. The van der Waals surface area contributed by atoms with Gasteiger partial charge in [0.05, 0.1) is 0 Å². The van der Waals surface area contributed by atoms with E-state index in [4.69, 9.17) is 9.47 Å². The van der Waals surface area contributed by atoms with E-state index in [-0.39, 0.29) is 17.9 Å². The quantitative estimate of drug-likeness (QED) is 0.329. The van der Waals surface area contributed by atoms with Gasteiger partial charge in [0.1, 0.15) is 11.9 Å². The van der Waals surface area contributed by atoms with Crippen LogP contribution >= 0.6 is 0 Å². The van der Waals surface area contributed by atoms with E-state index >= 15 is 0 Å². The molecule has 4 nitrogen and oxygen atoms in total. The van der Waals surface area contributed by atoms with Crippen molar-refractivity contribution in [2.24, 2.45) is 0 Å². The average molecular weight is 270 g/mol. The van der Waals surface area contributed by atoms with Crippen LogP contribution in [0.2, 0.25) is 0 Å². The number of esters is 1. The summed E-state index contributed by atoms with van der Waals surface area (Å²) in [5, 5.41) is 0. The maximum absolute atomic E-state index is 11.7. The van der Waals surface area contributed by atoms with Crippen molar-refractivity contribution >= 4 is 11.8 Å². The van der Waals surface area contributed by atoms with Gasteiger partial charge in [0, 0.05) is 13.5 Å². The van der Waals surface area contributed by atoms with Gasteiger partial charge in [0.15, 0.2) is 6.10 Å². The predicted octanol–water partition coefficient (Wildman–Crippen LogP) is 3.05. The summed E-state index contributed by atoms with van der Waals surface area (Å²) in [7, 11) is 1.48. The molecular formula is C15H26O4. The molecule has 0 N–H and O–H groups in total. The van der Waals surface area contributed by atoms with Gasteiger partial charge in [-0.15, -0.1) is 6.58 Å². The van der Waals surface area contributed by atoms with Crippen molar-refractivity contribution in [3.63, 3.8) is 0 Å². The van der Waals surface area contributed by atoms with Crippen LogP contribution in [0.25, 0.3) is 0 Å². The Hall–Kier alpha value is -1.16. The Morgan fingerprint density at radius 2 is 1.95 bits per heavy atom. The van der Waals surface area contributed by atoms with Crippen molar-refractivity contribution in [1.29, 1.82) is 0 Å². The highest BCUT2D eigenvalue weighted by molar-refractivity contribution is 5.75. The number of allylic oxidation sites excluding steroid dienone is 1. The summed E-state index contributed by atoms with van der Waals surface area (Å²) in [5.41, 5.74) is 0. The lowest BCUT2D eigenvalue weighted by Gasteiger charge is -2.19. The van der Waals surface area contributed by atoms with E-state index in [9.17, 15) is 9.59 Å². The summed E-state index contributed by atoms with van der Waals surface area (Å²) in [6, 6.07) is 0. The van der Waals surface area contributed by atoms with Crippen LogP contribution in [0.5, 0.6) is 0 Å². The largest absolute Gasteiger partial charge is 0.460 e. The number of hydrogen-bond donors (Lipinski definition) is 0. The maximum Gasteiger partial charge on any atom is 0.335 e. The molecule has 0 rings (SSSR count). The van der Waals surface area contributed by atoms with Crippen LogP contribution in [0.4, 0.5) is 0 Å². The molecule has 0 bridgehead atoms. The Kier molecular flexibility index (Phi) is 10.1. The topological polar surface area (TPSA) is 52.6 Å². The summed E-state index contributed by atoms with van der Waals surface area (Å²) in [5.74, 6) is -0.129. The van der Waals surface area contributed by atoms with Crippen LogP contribution in [-0.2, 0) is 19.1 Å². The number of carbonyl (C=O) groups excluding carboxylic acids is 2. The first-order valence-corrected chi connectivity index (χ1v) is 6.84. The Morgan fingerprint density at radius 1 is 1.26 bits per heavy atom. The SMILES string of the molecule is C=CCCC(CCCCC(C)=O)OC(=O)C(C)OC. The predicted molar refractivity (Wildman–Crippen MR) is 74.9 cm³/mol. The fourth-order valence-corrected chi connectivity index (χ4v) is 1.67. The lowest BCUT2D eigenvalue weighted by atomic mass is 10.0.